The zero-order valence-corrected chi connectivity index (χ0v) is 17.1. The molecule has 0 aromatic heterocycles. The second-order valence-electron chi connectivity index (χ2n) is 7.30. The van der Waals surface area contributed by atoms with Crippen LogP contribution in [-0.2, 0) is 11.3 Å². The van der Waals surface area contributed by atoms with E-state index in [1.165, 1.54) is 10.8 Å². The fourth-order valence-corrected chi connectivity index (χ4v) is 4.00. The molecule has 0 aliphatic carbocycles. The van der Waals surface area contributed by atoms with Crippen LogP contribution in [0.4, 0.5) is 0 Å². The van der Waals surface area contributed by atoms with Crippen molar-refractivity contribution in [2.45, 2.75) is 6.54 Å². The Hall–Kier alpha value is -2.40. The first-order valence-electron chi connectivity index (χ1n) is 10.0. The van der Waals surface area contributed by atoms with Gasteiger partial charge in [-0.25, -0.2) is 0 Å². The van der Waals surface area contributed by atoms with E-state index in [1.807, 2.05) is 29.2 Å². The van der Waals surface area contributed by atoms with Gasteiger partial charge in [-0.05, 0) is 28.5 Å². The zero-order chi connectivity index (χ0) is 20.1. The summed E-state index contributed by atoms with van der Waals surface area (Å²) in [6.45, 7) is 5.34. The van der Waals surface area contributed by atoms with Crippen molar-refractivity contribution in [3.05, 3.63) is 82.9 Å². The molecule has 0 unspecified atom stereocenters. The Morgan fingerprint density at radius 1 is 0.966 bits per heavy atom. The second-order valence-corrected chi connectivity index (χ2v) is 7.71. The van der Waals surface area contributed by atoms with Gasteiger partial charge in [-0.1, -0.05) is 66.2 Å². The van der Waals surface area contributed by atoms with Gasteiger partial charge in [0.1, 0.15) is 0 Å². The van der Waals surface area contributed by atoms with Gasteiger partial charge in [0, 0.05) is 32.7 Å². The lowest BCUT2D eigenvalue weighted by Crippen LogP contribution is -2.43. The molecule has 0 spiro atoms. The minimum absolute atomic E-state index is 0.0307. The predicted molar refractivity (Wildman–Crippen MR) is 117 cm³/mol. The summed E-state index contributed by atoms with van der Waals surface area (Å²) in [6, 6.07) is 21.8. The average Bonchev–Trinajstić information content (AvgIpc) is 2.77. The van der Waals surface area contributed by atoms with Gasteiger partial charge in [0.15, 0.2) is 0 Å². The standard InChI is InChI=1S/C24H25ClN2O2/c25-23-11-4-3-10-22(23)24(28)27(13-12-26-14-16-29-17-15-26)18-20-8-5-7-19-6-1-2-9-21(19)20/h1-11H,12-18H2. The molecule has 1 saturated heterocycles. The third-order valence-corrected chi connectivity index (χ3v) is 5.75. The van der Waals surface area contributed by atoms with Crippen LogP contribution in [0.2, 0.25) is 5.02 Å². The molecule has 0 radical (unpaired) electrons. The largest absolute Gasteiger partial charge is 0.379 e. The summed E-state index contributed by atoms with van der Waals surface area (Å²) in [5, 5.41) is 2.86. The number of ether oxygens (including phenoxy) is 1. The predicted octanol–water partition coefficient (Wildman–Crippen LogP) is 4.47. The van der Waals surface area contributed by atoms with Gasteiger partial charge in [0.25, 0.3) is 5.91 Å². The van der Waals surface area contributed by atoms with Gasteiger partial charge >= 0.3 is 0 Å². The molecular formula is C24H25ClN2O2. The fourth-order valence-electron chi connectivity index (χ4n) is 3.78. The summed E-state index contributed by atoms with van der Waals surface area (Å²) < 4.78 is 5.44. The number of carbonyl (C=O) groups is 1. The van der Waals surface area contributed by atoms with Crippen molar-refractivity contribution in [2.24, 2.45) is 0 Å². The van der Waals surface area contributed by atoms with E-state index >= 15 is 0 Å². The van der Waals surface area contributed by atoms with Crippen LogP contribution >= 0.6 is 11.6 Å². The Balaban J connectivity index is 1.60. The SMILES string of the molecule is O=C(c1ccccc1Cl)N(CCN1CCOCC1)Cc1cccc2ccccc12. The number of nitrogens with zero attached hydrogens (tertiary/aromatic N) is 2. The van der Waals surface area contributed by atoms with Gasteiger partial charge in [0.05, 0.1) is 23.8 Å². The summed E-state index contributed by atoms with van der Waals surface area (Å²) in [5.74, 6) is -0.0307. The average molecular weight is 409 g/mol. The van der Waals surface area contributed by atoms with Crippen molar-refractivity contribution in [3.8, 4) is 0 Å². The summed E-state index contributed by atoms with van der Waals surface area (Å²) in [6.07, 6.45) is 0. The van der Waals surface area contributed by atoms with E-state index in [9.17, 15) is 4.79 Å². The third-order valence-electron chi connectivity index (χ3n) is 5.42. The first-order chi connectivity index (χ1) is 14.2. The molecular weight excluding hydrogens is 384 g/mol. The molecule has 0 atom stereocenters. The lowest BCUT2D eigenvalue weighted by molar-refractivity contribution is 0.0320. The van der Waals surface area contributed by atoms with Crippen molar-refractivity contribution in [2.75, 3.05) is 39.4 Å². The zero-order valence-electron chi connectivity index (χ0n) is 16.4. The molecule has 1 heterocycles. The van der Waals surface area contributed by atoms with Gasteiger partial charge in [-0.3, -0.25) is 9.69 Å². The van der Waals surface area contributed by atoms with Crippen LogP contribution in [0.5, 0.6) is 0 Å². The first-order valence-corrected chi connectivity index (χ1v) is 10.4. The van der Waals surface area contributed by atoms with E-state index in [2.05, 4.69) is 35.2 Å². The molecule has 3 aromatic rings. The van der Waals surface area contributed by atoms with E-state index in [1.54, 1.807) is 12.1 Å². The Morgan fingerprint density at radius 2 is 1.69 bits per heavy atom. The molecule has 4 rings (SSSR count). The molecule has 29 heavy (non-hydrogen) atoms. The highest BCUT2D eigenvalue weighted by atomic mass is 35.5. The highest BCUT2D eigenvalue weighted by Gasteiger charge is 2.21. The highest BCUT2D eigenvalue weighted by molar-refractivity contribution is 6.33. The van der Waals surface area contributed by atoms with Crippen LogP contribution in [0.3, 0.4) is 0 Å². The molecule has 3 aromatic carbocycles. The number of fused-ring (bicyclic) bond motifs is 1. The molecule has 1 amide bonds. The second kappa shape index (κ2) is 9.40. The summed E-state index contributed by atoms with van der Waals surface area (Å²) in [7, 11) is 0. The smallest absolute Gasteiger partial charge is 0.255 e. The van der Waals surface area contributed by atoms with Crippen molar-refractivity contribution in [1.82, 2.24) is 9.80 Å². The molecule has 0 N–H and O–H groups in total. The number of hydrogen-bond donors (Lipinski definition) is 0. The molecule has 1 aliphatic rings. The number of halogens is 1. The van der Waals surface area contributed by atoms with Crippen LogP contribution in [0.1, 0.15) is 15.9 Å². The minimum Gasteiger partial charge on any atom is -0.379 e. The van der Waals surface area contributed by atoms with Gasteiger partial charge in [-0.15, -0.1) is 0 Å². The van der Waals surface area contributed by atoms with Crippen LogP contribution in [0.25, 0.3) is 10.8 Å². The normalized spacial score (nSPS) is 14.8. The van der Waals surface area contributed by atoms with E-state index in [0.29, 0.717) is 23.7 Å². The third kappa shape index (κ3) is 4.78. The highest BCUT2D eigenvalue weighted by Crippen LogP contribution is 2.23. The summed E-state index contributed by atoms with van der Waals surface area (Å²) in [5.41, 5.74) is 1.70. The minimum atomic E-state index is -0.0307. The quantitative estimate of drug-likeness (QED) is 0.603. The number of carbonyl (C=O) groups excluding carboxylic acids is 1. The molecule has 150 valence electrons. The molecule has 0 bridgehead atoms. The lowest BCUT2D eigenvalue weighted by Gasteiger charge is -2.30. The van der Waals surface area contributed by atoms with Crippen molar-refractivity contribution in [3.63, 3.8) is 0 Å². The Morgan fingerprint density at radius 3 is 2.52 bits per heavy atom. The van der Waals surface area contributed by atoms with Gasteiger partial charge in [-0.2, -0.15) is 0 Å². The van der Waals surface area contributed by atoms with Gasteiger partial charge < -0.3 is 9.64 Å². The van der Waals surface area contributed by atoms with E-state index < -0.39 is 0 Å². The van der Waals surface area contributed by atoms with Crippen LogP contribution in [0, 0.1) is 0 Å². The van der Waals surface area contributed by atoms with E-state index in [0.717, 1.165) is 38.4 Å². The Bertz CT molecular complexity index is 980. The molecule has 1 fully saturated rings. The summed E-state index contributed by atoms with van der Waals surface area (Å²) >= 11 is 6.34. The van der Waals surface area contributed by atoms with Crippen molar-refractivity contribution in [1.29, 1.82) is 0 Å². The molecule has 0 saturated carbocycles. The van der Waals surface area contributed by atoms with Crippen molar-refractivity contribution >= 4 is 28.3 Å². The van der Waals surface area contributed by atoms with Gasteiger partial charge in [0.2, 0.25) is 0 Å². The van der Waals surface area contributed by atoms with E-state index in [4.69, 9.17) is 16.3 Å². The lowest BCUT2D eigenvalue weighted by atomic mass is 10.0. The Kier molecular flexibility index (Phi) is 6.45. The van der Waals surface area contributed by atoms with Crippen LogP contribution < -0.4 is 0 Å². The number of morpholine rings is 1. The molecule has 5 heteroatoms. The number of benzene rings is 3. The fraction of sp³-hybridized carbons (Fsp3) is 0.292. The van der Waals surface area contributed by atoms with Crippen molar-refractivity contribution < 1.29 is 9.53 Å². The maximum atomic E-state index is 13.4. The number of hydrogen-bond acceptors (Lipinski definition) is 3. The molecule has 1 aliphatic heterocycles. The van der Waals surface area contributed by atoms with Crippen LogP contribution in [0.15, 0.2) is 66.7 Å². The number of amides is 1. The van der Waals surface area contributed by atoms with E-state index in [-0.39, 0.29) is 5.91 Å². The summed E-state index contributed by atoms with van der Waals surface area (Å²) in [4.78, 5) is 17.6. The monoisotopic (exact) mass is 408 g/mol. The molecule has 4 nitrogen and oxygen atoms in total. The maximum absolute atomic E-state index is 13.4. The Labute approximate surface area is 176 Å². The topological polar surface area (TPSA) is 32.8 Å². The maximum Gasteiger partial charge on any atom is 0.255 e. The number of rotatable bonds is 6. The van der Waals surface area contributed by atoms with Crippen LogP contribution in [-0.4, -0.2) is 55.1 Å². The first kappa shape index (κ1) is 19.9.